The average molecular weight is 273 g/mol. The highest BCUT2D eigenvalue weighted by Crippen LogP contribution is 2.32. The number of Topliss-reactive ketones (excluding diaryl/α,β-unsaturated/α-hetero) is 1. The molecule has 0 spiro atoms. The lowest BCUT2D eigenvalue weighted by Crippen LogP contribution is -2.43. The maximum absolute atomic E-state index is 12.4. The number of carbonyl (C=O) groups is 2. The van der Waals surface area contributed by atoms with Crippen molar-refractivity contribution in [1.82, 2.24) is 0 Å². The Hall–Kier alpha value is -1.84. The molecule has 3 rings (SSSR count). The number of ether oxygens (including phenoxy) is 1. The van der Waals surface area contributed by atoms with Crippen molar-refractivity contribution in [3.05, 3.63) is 24.3 Å². The smallest absolute Gasteiger partial charge is 0.265 e. The molecule has 2 aliphatic rings. The summed E-state index contributed by atoms with van der Waals surface area (Å²) in [5.41, 5.74) is 0.716. The Bertz CT molecular complexity index is 520. The van der Waals surface area contributed by atoms with Gasteiger partial charge in [-0.2, -0.15) is 0 Å². The van der Waals surface area contributed by atoms with Gasteiger partial charge >= 0.3 is 0 Å². The van der Waals surface area contributed by atoms with Gasteiger partial charge in [0.1, 0.15) is 5.75 Å². The number of amides is 1. The van der Waals surface area contributed by atoms with E-state index in [0.29, 0.717) is 11.4 Å². The van der Waals surface area contributed by atoms with Gasteiger partial charge in [-0.25, -0.2) is 0 Å². The van der Waals surface area contributed by atoms with Gasteiger partial charge in [0.25, 0.3) is 5.91 Å². The van der Waals surface area contributed by atoms with E-state index in [1.54, 1.807) is 4.90 Å². The fourth-order valence-electron chi connectivity index (χ4n) is 3.04. The van der Waals surface area contributed by atoms with Crippen LogP contribution in [0.5, 0.6) is 5.75 Å². The van der Waals surface area contributed by atoms with Gasteiger partial charge in [-0.15, -0.1) is 0 Å². The second-order valence-electron chi connectivity index (χ2n) is 5.54. The molecule has 0 atom stereocenters. The van der Waals surface area contributed by atoms with E-state index in [0.717, 1.165) is 25.7 Å². The molecule has 0 radical (unpaired) electrons. The molecule has 0 N–H and O–H groups in total. The van der Waals surface area contributed by atoms with Crippen LogP contribution >= 0.6 is 0 Å². The Kier molecular flexibility index (Phi) is 3.72. The average Bonchev–Trinajstić information content (AvgIpc) is 2.51. The van der Waals surface area contributed by atoms with Crippen LogP contribution in [0.2, 0.25) is 0 Å². The number of fused-ring (bicyclic) bond motifs is 1. The lowest BCUT2D eigenvalue weighted by molar-refractivity contribution is -0.126. The molecule has 106 valence electrons. The number of hydrogen-bond donors (Lipinski definition) is 0. The molecule has 1 fully saturated rings. The summed E-state index contributed by atoms with van der Waals surface area (Å²) in [7, 11) is 0. The predicted molar refractivity (Wildman–Crippen MR) is 75.9 cm³/mol. The van der Waals surface area contributed by atoms with Crippen LogP contribution in [0.4, 0.5) is 5.69 Å². The summed E-state index contributed by atoms with van der Waals surface area (Å²) in [6.07, 6.45) is 5.43. The third-order valence-corrected chi connectivity index (χ3v) is 4.18. The van der Waals surface area contributed by atoms with E-state index in [4.69, 9.17) is 4.74 Å². The highest BCUT2D eigenvalue weighted by molar-refractivity contribution is 6.02. The van der Waals surface area contributed by atoms with Gasteiger partial charge < -0.3 is 4.74 Å². The summed E-state index contributed by atoms with van der Waals surface area (Å²) in [5, 5.41) is 0. The second kappa shape index (κ2) is 5.65. The molecule has 0 bridgehead atoms. The highest BCUT2D eigenvalue weighted by atomic mass is 16.5. The van der Waals surface area contributed by atoms with Gasteiger partial charge in [-0.1, -0.05) is 31.4 Å². The third-order valence-electron chi connectivity index (χ3n) is 4.18. The number of ketones is 1. The van der Waals surface area contributed by atoms with Crippen LogP contribution in [0.25, 0.3) is 0 Å². The minimum absolute atomic E-state index is 0.0228. The van der Waals surface area contributed by atoms with Crippen LogP contribution in [0, 0.1) is 5.92 Å². The normalized spacial score (nSPS) is 19.4. The van der Waals surface area contributed by atoms with Crippen LogP contribution in [0.15, 0.2) is 24.3 Å². The van der Waals surface area contributed by atoms with Crippen molar-refractivity contribution in [3.63, 3.8) is 0 Å². The Labute approximate surface area is 118 Å². The molecule has 4 heteroatoms. The Balaban J connectivity index is 1.76. The van der Waals surface area contributed by atoms with Gasteiger partial charge in [0.05, 0.1) is 12.2 Å². The Morgan fingerprint density at radius 2 is 1.95 bits per heavy atom. The summed E-state index contributed by atoms with van der Waals surface area (Å²) < 4.78 is 5.39. The summed E-state index contributed by atoms with van der Waals surface area (Å²) in [5.74, 6) is 0.873. The van der Waals surface area contributed by atoms with E-state index in [2.05, 4.69) is 0 Å². The fraction of sp³-hybridized carbons (Fsp3) is 0.500. The first-order valence-electron chi connectivity index (χ1n) is 7.30. The maximum atomic E-state index is 12.4. The van der Waals surface area contributed by atoms with Gasteiger partial charge in [0, 0.05) is 5.92 Å². The van der Waals surface area contributed by atoms with Gasteiger partial charge in [-0.05, 0) is 25.0 Å². The zero-order chi connectivity index (χ0) is 13.9. The van der Waals surface area contributed by atoms with Crippen molar-refractivity contribution in [2.24, 2.45) is 5.92 Å². The maximum Gasteiger partial charge on any atom is 0.265 e. The zero-order valence-electron chi connectivity index (χ0n) is 11.5. The molecule has 0 saturated heterocycles. The molecular formula is C16H19NO3. The molecule has 1 aromatic carbocycles. The molecule has 0 unspecified atom stereocenters. The van der Waals surface area contributed by atoms with Crippen LogP contribution in [0.3, 0.4) is 0 Å². The lowest BCUT2D eigenvalue weighted by atomic mass is 9.86. The number of hydrogen-bond acceptors (Lipinski definition) is 3. The number of benzene rings is 1. The largest absolute Gasteiger partial charge is 0.482 e. The number of carbonyl (C=O) groups excluding carboxylic acids is 2. The van der Waals surface area contributed by atoms with Gasteiger partial charge in [0.15, 0.2) is 12.4 Å². The Morgan fingerprint density at radius 1 is 1.20 bits per heavy atom. The highest BCUT2D eigenvalue weighted by Gasteiger charge is 2.29. The van der Waals surface area contributed by atoms with E-state index < -0.39 is 0 Å². The minimum atomic E-state index is -0.132. The van der Waals surface area contributed by atoms with Crippen LogP contribution in [0.1, 0.15) is 32.1 Å². The lowest BCUT2D eigenvalue weighted by Gasteiger charge is -2.30. The number of nitrogens with zero attached hydrogens (tertiary/aromatic N) is 1. The van der Waals surface area contributed by atoms with Crippen molar-refractivity contribution < 1.29 is 14.3 Å². The van der Waals surface area contributed by atoms with E-state index >= 15 is 0 Å². The Morgan fingerprint density at radius 3 is 2.75 bits per heavy atom. The van der Waals surface area contributed by atoms with E-state index in [1.807, 2.05) is 24.3 Å². The molecule has 1 aromatic rings. The number of rotatable bonds is 3. The summed E-state index contributed by atoms with van der Waals surface area (Å²) in [4.78, 5) is 26.0. The molecule has 1 saturated carbocycles. The van der Waals surface area contributed by atoms with E-state index in [1.165, 1.54) is 6.42 Å². The third kappa shape index (κ3) is 2.55. The first-order valence-corrected chi connectivity index (χ1v) is 7.30. The zero-order valence-corrected chi connectivity index (χ0v) is 11.5. The topological polar surface area (TPSA) is 46.6 Å². The first kappa shape index (κ1) is 13.2. The SMILES string of the molecule is O=C(CN1C(=O)COc2ccccc21)C1CCCCC1. The molecule has 0 aromatic heterocycles. The molecular weight excluding hydrogens is 254 g/mol. The first-order chi connectivity index (χ1) is 9.75. The van der Waals surface area contributed by atoms with Crippen molar-refractivity contribution in [2.45, 2.75) is 32.1 Å². The molecule has 20 heavy (non-hydrogen) atoms. The summed E-state index contributed by atoms with van der Waals surface area (Å²) in [6.45, 7) is 0.207. The van der Waals surface area contributed by atoms with Crippen LogP contribution in [-0.4, -0.2) is 24.8 Å². The molecule has 4 nitrogen and oxygen atoms in total. The van der Waals surface area contributed by atoms with E-state index in [9.17, 15) is 9.59 Å². The standard InChI is InChI=1S/C16H19NO3/c18-14(12-6-2-1-3-7-12)10-17-13-8-4-5-9-15(13)20-11-16(17)19/h4-5,8-9,12H,1-3,6-7,10-11H2. The molecule has 1 heterocycles. The molecule has 1 aliphatic heterocycles. The number of para-hydroxylation sites is 2. The summed E-state index contributed by atoms with van der Waals surface area (Å²) >= 11 is 0. The van der Waals surface area contributed by atoms with Crippen molar-refractivity contribution in [3.8, 4) is 5.75 Å². The minimum Gasteiger partial charge on any atom is -0.482 e. The van der Waals surface area contributed by atoms with Gasteiger partial charge in [-0.3, -0.25) is 14.5 Å². The fourth-order valence-corrected chi connectivity index (χ4v) is 3.04. The predicted octanol–water partition coefficient (Wildman–Crippen LogP) is 2.56. The van der Waals surface area contributed by atoms with Crippen LogP contribution < -0.4 is 9.64 Å². The summed E-state index contributed by atoms with van der Waals surface area (Å²) in [6, 6.07) is 7.40. The van der Waals surface area contributed by atoms with Crippen molar-refractivity contribution in [1.29, 1.82) is 0 Å². The number of anilines is 1. The molecule has 1 amide bonds. The quantitative estimate of drug-likeness (QED) is 0.850. The van der Waals surface area contributed by atoms with Gasteiger partial charge in [0.2, 0.25) is 0 Å². The van der Waals surface area contributed by atoms with Crippen molar-refractivity contribution >= 4 is 17.4 Å². The molecule has 1 aliphatic carbocycles. The second-order valence-corrected chi connectivity index (χ2v) is 5.54. The van der Waals surface area contributed by atoms with E-state index in [-0.39, 0.29) is 30.8 Å². The van der Waals surface area contributed by atoms with Crippen molar-refractivity contribution in [2.75, 3.05) is 18.1 Å². The monoisotopic (exact) mass is 273 g/mol. The van der Waals surface area contributed by atoms with Crippen LogP contribution in [-0.2, 0) is 9.59 Å².